The number of nitrogens with one attached hydrogen (secondary N) is 1. The van der Waals surface area contributed by atoms with Crippen molar-refractivity contribution in [3.8, 4) is 0 Å². The van der Waals surface area contributed by atoms with Crippen LogP contribution in [0, 0.1) is 0 Å². The molecule has 1 aromatic rings. The Bertz CT molecular complexity index is 423. The molecule has 0 radical (unpaired) electrons. The number of carboxylic acid groups (broad SMARTS) is 1. The number of carbonyl (C=O) groups is 1. The number of carboxylic acids is 1. The summed E-state index contributed by atoms with van der Waals surface area (Å²) in [5.74, 6) is -0.873. The summed E-state index contributed by atoms with van der Waals surface area (Å²) in [4.78, 5) is 13.3. The van der Waals surface area contributed by atoms with E-state index in [1.165, 1.54) is 0 Å². The average Bonchev–Trinajstić information content (AvgIpc) is 2.38. The van der Waals surface area contributed by atoms with Crippen LogP contribution in [0.25, 0.3) is 0 Å². The average molecular weight is 280 g/mol. The molecule has 2 N–H and O–H groups in total. The molecule has 0 aliphatic rings. The second kappa shape index (κ2) is 7.86. The van der Waals surface area contributed by atoms with Crippen molar-refractivity contribution in [2.24, 2.45) is 0 Å². The molecule has 0 saturated heterocycles. The van der Waals surface area contributed by atoms with Crippen molar-refractivity contribution in [2.45, 2.75) is 26.4 Å². The predicted molar refractivity (Wildman–Crippen MR) is 80.2 cm³/mol. The minimum Gasteiger partial charge on any atom is -0.480 e. The highest BCUT2D eigenvalue weighted by atomic mass is 32.1. The van der Waals surface area contributed by atoms with E-state index in [9.17, 15) is 4.79 Å². The second-order valence-corrected chi connectivity index (χ2v) is 4.77. The van der Waals surface area contributed by atoms with E-state index in [0.29, 0.717) is 11.5 Å². The van der Waals surface area contributed by atoms with Gasteiger partial charge in [0.15, 0.2) is 0 Å². The largest absolute Gasteiger partial charge is 0.480 e. The van der Waals surface area contributed by atoms with E-state index in [4.69, 9.17) is 17.3 Å². The van der Waals surface area contributed by atoms with E-state index >= 15 is 0 Å². The third kappa shape index (κ3) is 5.36. The zero-order valence-corrected chi connectivity index (χ0v) is 12.1. The predicted octanol–water partition coefficient (Wildman–Crippen LogP) is 1.90. The summed E-state index contributed by atoms with van der Waals surface area (Å²) in [7, 11) is 0. The first-order valence-electron chi connectivity index (χ1n) is 6.32. The van der Waals surface area contributed by atoms with Gasteiger partial charge in [0.25, 0.3) is 0 Å². The molecule has 104 valence electrons. The van der Waals surface area contributed by atoms with Crippen molar-refractivity contribution < 1.29 is 9.90 Å². The number of aliphatic carboxylic acids is 1. The molecule has 1 unspecified atom stereocenters. The highest BCUT2D eigenvalue weighted by molar-refractivity contribution is 7.80. The Morgan fingerprint density at radius 1 is 1.42 bits per heavy atom. The number of nitrogens with zero attached hydrogens (tertiary/aromatic N) is 1. The fraction of sp³-hybridized carbons (Fsp3) is 0.429. The molecule has 5 heteroatoms. The smallest absolute Gasteiger partial charge is 0.323 e. The fourth-order valence-corrected chi connectivity index (χ4v) is 2.06. The van der Waals surface area contributed by atoms with Crippen LogP contribution in [0.4, 0.5) is 0 Å². The fourth-order valence-electron chi connectivity index (χ4n) is 1.85. The van der Waals surface area contributed by atoms with E-state index < -0.39 is 5.97 Å². The van der Waals surface area contributed by atoms with Crippen LogP contribution in [0.5, 0.6) is 0 Å². The Hall–Kier alpha value is -1.46. The van der Waals surface area contributed by atoms with E-state index in [2.05, 4.69) is 5.32 Å². The number of thiocarbonyl (C=S) groups is 1. The third-order valence-electron chi connectivity index (χ3n) is 2.73. The summed E-state index contributed by atoms with van der Waals surface area (Å²) in [5, 5.41) is 12.2. The highest BCUT2D eigenvalue weighted by Gasteiger charge is 2.18. The lowest BCUT2D eigenvalue weighted by molar-refractivity contribution is -0.137. The number of hydrogen-bond donors (Lipinski definition) is 2. The Kier molecular flexibility index (Phi) is 6.45. The molecule has 0 aromatic heterocycles. The van der Waals surface area contributed by atoms with Crippen molar-refractivity contribution in [1.29, 1.82) is 0 Å². The third-order valence-corrected chi connectivity index (χ3v) is 3.35. The van der Waals surface area contributed by atoms with E-state index in [-0.39, 0.29) is 12.6 Å². The summed E-state index contributed by atoms with van der Waals surface area (Å²) in [6, 6.07) is 9.73. The maximum absolute atomic E-state index is 11.0. The Balaban J connectivity index is 2.77. The molecule has 0 saturated carbocycles. The van der Waals surface area contributed by atoms with Gasteiger partial charge in [0.2, 0.25) is 0 Å². The molecule has 0 spiro atoms. The van der Waals surface area contributed by atoms with Crippen molar-refractivity contribution in [1.82, 2.24) is 10.2 Å². The van der Waals surface area contributed by atoms with Gasteiger partial charge in [0.1, 0.15) is 6.54 Å². The minimum atomic E-state index is -0.873. The van der Waals surface area contributed by atoms with Gasteiger partial charge in [-0.05, 0) is 19.0 Å². The summed E-state index contributed by atoms with van der Waals surface area (Å²) in [6.45, 7) is 5.18. The summed E-state index contributed by atoms with van der Waals surface area (Å²) >= 11 is 5.38. The first-order valence-corrected chi connectivity index (χ1v) is 6.73. The first-order chi connectivity index (χ1) is 9.04. The molecule has 4 nitrogen and oxygen atoms in total. The van der Waals surface area contributed by atoms with Crippen molar-refractivity contribution in [3.63, 3.8) is 0 Å². The number of rotatable bonds is 7. The molecule has 0 heterocycles. The summed E-state index contributed by atoms with van der Waals surface area (Å²) in [6.07, 6.45) is 0. The summed E-state index contributed by atoms with van der Waals surface area (Å²) < 4.78 is 0. The SMILES string of the molecule is CCNC(C)C(=S)N(CC(=O)O)Cc1ccccc1. The zero-order chi connectivity index (χ0) is 14.3. The number of benzene rings is 1. The summed E-state index contributed by atoms with van der Waals surface area (Å²) in [5.41, 5.74) is 1.05. The quantitative estimate of drug-likeness (QED) is 0.747. The first kappa shape index (κ1) is 15.6. The monoisotopic (exact) mass is 280 g/mol. The zero-order valence-electron chi connectivity index (χ0n) is 11.3. The lowest BCUT2D eigenvalue weighted by atomic mass is 10.2. The van der Waals surface area contributed by atoms with Crippen molar-refractivity contribution in [3.05, 3.63) is 35.9 Å². The molecule has 1 rings (SSSR count). The molecule has 19 heavy (non-hydrogen) atoms. The number of likely N-dealkylation sites (N-methyl/N-ethyl adjacent to an activating group) is 1. The molecular weight excluding hydrogens is 260 g/mol. The van der Waals surface area contributed by atoms with Crippen LogP contribution in [0.1, 0.15) is 19.4 Å². The van der Waals surface area contributed by atoms with Gasteiger partial charge in [0.05, 0.1) is 11.0 Å². The van der Waals surface area contributed by atoms with Crippen LogP contribution in [-0.4, -0.2) is 40.1 Å². The Morgan fingerprint density at radius 3 is 2.58 bits per heavy atom. The van der Waals surface area contributed by atoms with E-state index in [0.717, 1.165) is 12.1 Å². The van der Waals surface area contributed by atoms with Gasteiger partial charge in [-0.3, -0.25) is 4.79 Å². The minimum absolute atomic E-state index is 0.0111. The lowest BCUT2D eigenvalue weighted by Gasteiger charge is -2.27. The molecular formula is C14H20N2O2S. The van der Waals surface area contributed by atoms with Crippen LogP contribution in [-0.2, 0) is 11.3 Å². The second-order valence-electron chi connectivity index (χ2n) is 4.35. The maximum Gasteiger partial charge on any atom is 0.323 e. The van der Waals surface area contributed by atoms with Gasteiger partial charge in [-0.2, -0.15) is 0 Å². The van der Waals surface area contributed by atoms with Crippen LogP contribution < -0.4 is 5.32 Å². The van der Waals surface area contributed by atoms with Crippen molar-refractivity contribution >= 4 is 23.2 Å². The van der Waals surface area contributed by atoms with Gasteiger partial charge in [-0.1, -0.05) is 49.5 Å². The van der Waals surface area contributed by atoms with Gasteiger partial charge in [-0.25, -0.2) is 0 Å². The highest BCUT2D eigenvalue weighted by Crippen LogP contribution is 2.07. The normalized spacial score (nSPS) is 11.9. The number of hydrogen-bond acceptors (Lipinski definition) is 3. The molecule has 0 aliphatic carbocycles. The molecule has 1 atom stereocenters. The molecule has 1 aromatic carbocycles. The Labute approximate surface area is 119 Å². The Morgan fingerprint density at radius 2 is 2.05 bits per heavy atom. The molecule has 0 bridgehead atoms. The van der Waals surface area contributed by atoms with Gasteiger partial charge >= 0.3 is 5.97 Å². The van der Waals surface area contributed by atoms with Crippen molar-refractivity contribution in [2.75, 3.05) is 13.1 Å². The van der Waals surface area contributed by atoms with Gasteiger partial charge in [0, 0.05) is 6.54 Å². The van der Waals surface area contributed by atoms with Gasteiger partial charge < -0.3 is 15.3 Å². The molecule has 0 fully saturated rings. The van der Waals surface area contributed by atoms with E-state index in [1.807, 2.05) is 44.2 Å². The molecule has 0 aliphatic heterocycles. The van der Waals surface area contributed by atoms with Crippen LogP contribution >= 0.6 is 12.2 Å². The van der Waals surface area contributed by atoms with Crippen LogP contribution in [0.3, 0.4) is 0 Å². The molecule has 0 amide bonds. The standard InChI is InChI=1S/C14H20N2O2S/c1-3-15-11(2)14(19)16(10-13(17)18)9-12-7-5-4-6-8-12/h4-8,11,15H,3,9-10H2,1-2H3,(H,17,18). The van der Waals surface area contributed by atoms with Gasteiger partial charge in [-0.15, -0.1) is 0 Å². The maximum atomic E-state index is 11.0. The van der Waals surface area contributed by atoms with E-state index in [1.54, 1.807) is 4.90 Å². The van der Waals surface area contributed by atoms with Crippen LogP contribution in [0.15, 0.2) is 30.3 Å². The van der Waals surface area contributed by atoms with Crippen LogP contribution in [0.2, 0.25) is 0 Å². The lowest BCUT2D eigenvalue weighted by Crippen LogP contribution is -2.45. The topological polar surface area (TPSA) is 52.6 Å².